The van der Waals surface area contributed by atoms with Gasteiger partial charge in [0, 0.05) is 7.05 Å². The molecule has 0 amide bonds. The highest BCUT2D eigenvalue weighted by atomic mass is 16.5. The normalized spacial score (nSPS) is 12.8. The molecule has 3 N–H and O–H groups in total. The lowest BCUT2D eigenvalue weighted by molar-refractivity contribution is -0.0194. The van der Waals surface area contributed by atoms with Crippen molar-refractivity contribution in [3.8, 4) is 0 Å². The molecule has 18 heavy (non-hydrogen) atoms. The standard InChI is InChI=1S/C10H15N5O3/c1-11-9-8-2-14-15(10(8)13-5-12-9)6-18-4-7(17)3-16/h2,5,7,16-17H,3-4,6H2,1H3,(H,11,12,13). The monoisotopic (exact) mass is 253 g/mol. The molecule has 0 aliphatic heterocycles. The zero-order valence-corrected chi connectivity index (χ0v) is 9.94. The van der Waals surface area contributed by atoms with Crippen molar-refractivity contribution in [2.45, 2.75) is 12.8 Å². The summed E-state index contributed by atoms with van der Waals surface area (Å²) < 4.78 is 6.78. The smallest absolute Gasteiger partial charge is 0.165 e. The van der Waals surface area contributed by atoms with Gasteiger partial charge >= 0.3 is 0 Å². The minimum atomic E-state index is -0.880. The van der Waals surface area contributed by atoms with E-state index >= 15 is 0 Å². The van der Waals surface area contributed by atoms with Gasteiger partial charge in [-0.15, -0.1) is 0 Å². The Bertz CT molecular complexity index is 515. The van der Waals surface area contributed by atoms with Gasteiger partial charge < -0.3 is 20.3 Å². The third kappa shape index (κ3) is 2.55. The van der Waals surface area contributed by atoms with Gasteiger partial charge in [0.2, 0.25) is 0 Å². The molecular formula is C10H15N5O3. The second kappa shape index (κ2) is 5.71. The van der Waals surface area contributed by atoms with E-state index in [2.05, 4.69) is 20.4 Å². The minimum Gasteiger partial charge on any atom is -0.394 e. The first-order valence-electron chi connectivity index (χ1n) is 5.47. The van der Waals surface area contributed by atoms with E-state index in [0.717, 1.165) is 5.39 Å². The summed E-state index contributed by atoms with van der Waals surface area (Å²) in [6.07, 6.45) is 2.20. The minimum absolute atomic E-state index is 0.0435. The van der Waals surface area contributed by atoms with Crippen molar-refractivity contribution in [2.24, 2.45) is 0 Å². The maximum absolute atomic E-state index is 9.14. The van der Waals surface area contributed by atoms with E-state index in [9.17, 15) is 0 Å². The van der Waals surface area contributed by atoms with Crippen LogP contribution in [0.5, 0.6) is 0 Å². The molecule has 2 aromatic rings. The first-order chi connectivity index (χ1) is 8.76. The molecule has 8 nitrogen and oxygen atoms in total. The molecule has 0 aliphatic rings. The zero-order valence-electron chi connectivity index (χ0n) is 9.94. The molecule has 1 atom stereocenters. The van der Waals surface area contributed by atoms with Crippen LogP contribution >= 0.6 is 0 Å². The number of aromatic nitrogens is 4. The third-order valence-electron chi connectivity index (χ3n) is 2.40. The van der Waals surface area contributed by atoms with Gasteiger partial charge in [-0.25, -0.2) is 14.6 Å². The summed E-state index contributed by atoms with van der Waals surface area (Å²) in [6.45, 7) is -0.130. The molecule has 0 fully saturated rings. The molecule has 0 bridgehead atoms. The summed E-state index contributed by atoms with van der Waals surface area (Å²) >= 11 is 0. The highest BCUT2D eigenvalue weighted by Crippen LogP contribution is 2.17. The lowest BCUT2D eigenvalue weighted by Gasteiger charge is -2.08. The number of aliphatic hydroxyl groups is 2. The number of hydrogen-bond donors (Lipinski definition) is 3. The van der Waals surface area contributed by atoms with E-state index in [4.69, 9.17) is 14.9 Å². The lowest BCUT2D eigenvalue weighted by atomic mass is 10.4. The van der Waals surface area contributed by atoms with Crippen molar-refractivity contribution in [2.75, 3.05) is 25.6 Å². The van der Waals surface area contributed by atoms with E-state index in [0.29, 0.717) is 11.5 Å². The average molecular weight is 253 g/mol. The van der Waals surface area contributed by atoms with Crippen molar-refractivity contribution in [1.82, 2.24) is 19.7 Å². The molecule has 98 valence electrons. The van der Waals surface area contributed by atoms with Crippen LogP contribution in [0, 0.1) is 0 Å². The Morgan fingerprint density at radius 3 is 3.06 bits per heavy atom. The first kappa shape index (κ1) is 12.7. The molecule has 2 rings (SSSR count). The van der Waals surface area contributed by atoms with Gasteiger partial charge in [-0.3, -0.25) is 0 Å². The molecule has 0 aromatic carbocycles. The predicted molar refractivity (Wildman–Crippen MR) is 63.9 cm³/mol. The van der Waals surface area contributed by atoms with E-state index < -0.39 is 6.10 Å². The van der Waals surface area contributed by atoms with Crippen LogP contribution in [0.15, 0.2) is 12.5 Å². The number of anilines is 1. The second-order valence-electron chi connectivity index (χ2n) is 3.69. The van der Waals surface area contributed by atoms with E-state index in [1.165, 1.54) is 6.33 Å². The van der Waals surface area contributed by atoms with Crippen molar-refractivity contribution < 1.29 is 14.9 Å². The van der Waals surface area contributed by atoms with Crippen molar-refractivity contribution in [3.63, 3.8) is 0 Å². The molecule has 0 radical (unpaired) electrons. The Morgan fingerprint density at radius 1 is 1.50 bits per heavy atom. The number of nitrogens with one attached hydrogen (secondary N) is 1. The number of fused-ring (bicyclic) bond motifs is 1. The maximum atomic E-state index is 9.14. The van der Waals surface area contributed by atoms with Crippen LogP contribution in [-0.4, -0.2) is 56.3 Å². The molecule has 2 heterocycles. The number of ether oxygens (including phenoxy) is 1. The van der Waals surface area contributed by atoms with Gasteiger partial charge in [0.05, 0.1) is 24.8 Å². The molecule has 8 heteroatoms. The fourth-order valence-electron chi connectivity index (χ4n) is 1.51. The Kier molecular flexibility index (Phi) is 4.03. The van der Waals surface area contributed by atoms with Gasteiger partial charge in [-0.2, -0.15) is 5.10 Å². The van der Waals surface area contributed by atoms with Crippen LogP contribution in [0.2, 0.25) is 0 Å². The van der Waals surface area contributed by atoms with E-state index in [1.54, 1.807) is 17.9 Å². The van der Waals surface area contributed by atoms with Crippen molar-refractivity contribution in [1.29, 1.82) is 0 Å². The number of hydrogen-bond acceptors (Lipinski definition) is 7. The molecule has 0 spiro atoms. The summed E-state index contributed by atoms with van der Waals surface area (Å²) in [7, 11) is 1.77. The van der Waals surface area contributed by atoms with Gasteiger partial charge in [0.1, 0.15) is 25.0 Å². The largest absolute Gasteiger partial charge is 0.394 e. The van der Waals surface area contributed by atoms with Crippen LogP contribution in [-0.2, 0) is 11.5 Å². The zero-order chi connectivity index (χ0) is 13.0. The van der Waals surface area contributed by atoms with Crippen molar-refractivity contribution in [3.05, 3.63) is 12.5 Å². The molecule has 0 saturated carbocycles. The van der Waals surface area contributed by atoms with Crippen LogP contribution in [0.3, 0.4) is 0 Å². The molecule has 0 aliphatic carbocycles. The van der Waals surface area contributed by atoms with Gasteiger partial charge in [-0.1, -0.05) is 0 Å². The highest BCUT2D eigenvalue weighted by Gasteiger charge is 2.09. The number of aliphatic hydroxyl groups excluding tert-OH is 2. The summed E-state index contributed by atoms with van der Waals surface area (Å²) in [5.74, 6) is 0.696. The summed E-state index contributed by atoms with van der Waals surface area (Å²) in [5, 5.41) is 25.7. The van der Waals surface area contributed by atoms with E-state index in [1.807, 2.05) is 0 Å². The van der Waals surface area contributed by atoms with E-state index in [-0.39, 0.29) is 19.9 Å². The summed E-state index contributed by atoms with van der Waals surface area (Å²) in [6, 6.07) is 0. The molecule has 0 saturated heterocycles. The molecular weight excluding hydrogens is 238 g/mol. The van der Waals surface area contributed by atoms with Crippen LogP contribution < -0.4 is 5.32 Å². The number of rotatable bonds is 6. The van der Waals surface area contributed by atoms with Gasteiger partial charge in [-0.05, 0) is 0 Å². The SMILES string of the molecule is CNc1ncnc2c1cnn2COCC(O)CO. The van der Waals surface area contributed by atoms with Gasteiger partial charge in [0.15, 0.2) is 5.65 Å². The lowest BCUT2D eigenvalue weighted by Crippen LogP contribution is -2.20. The summed E-state index contributed by atoms with van der Waals surface area (Å²) in [5.41, 5.74) is 0.646. The van der Waals surface area contributed by atoms with Crippen LogP contribution in [0.25, 0.3) is 11.0 Å². The number of nitrogens with zero attached hydrogens (tertiary/aromatic N) is 4. The Balaban J connectivity index is 2.10. The maximum Gasteiger partial charge on any atom is 0.165 e. The topological polar surface area (TPSA) is 105 Å². The Labute approximate surface area is 103 Å². The third-order valence-corrected chi connectivity index (χ3v) is 2.40. The second-order valence-corrected chi connectivity index (χ2v) is 3.69. The quantitative estimate of drug-likeness (QED) is 0.618. The average Bonchev–Trinajstić information content (AvgIpc) is 2.82. The fourth-order valence-corrected chi connectivity index (χ4v) is 1.51. The molecule has 1 unspecified atom stereocenters. The predicted octanol–water partition coefficient (Wildman–Crippen LogP) is -0.805. The fraction of sp³-hybridized carbons (Fsp3) is 0.500. The van der Waals surface area contributed by atoms with Crippen LogP contribution in [0.1, 0.15) is 0 Å². The first-order valence-corrected chi connectivity index (χ1v) is 5.47. The Hall–Kier alpha value is -1.77. The summed E-state index contributed by atoms with van der Waals surface area (Å²) in [4.78, 5) is 8.20. The molecule has 2 aromatic heterocycles. The van der Waals surface area contributed by atoms with Crippen molar-refractivity contribution >= 4 is 16.9 Å². The van der Waals surface area contributed by atoms with Gasteiger partial charge in [0.25, 0.3) is 0 Å². The Morgan fingerprint density at radius 2 is 2.33 bits per heavy atom. The highest BCUT2D eigenvalue weighted by molar-refractivity contribution is 5.85. The van der Waals surface area contributed by atoms with Crippen LogP contribution in [0.4, 0.5) is 5.82 Å².